The predicted molar refractivity (Wildman–Crippen MR) is 72.6 cm³/mol. The Kier molecular flexibility index (Phi) is 17.5. The molecule has 0 bridgehead atoms. The molecule has 3 heteroatoms. The molecular weight excluding hydrogens is 179 g/mol. The van der Waals surface area contributed by atoms with Crippen molar-refractivity contribution in [3.63, 3.8) is 0 Å². The maximum absolute atomic E-state index is 3.31. The van der Waals surface area contributed by atoms with Gasteiger partial charge in [-0.25, -0.2) is 0 Å². The summed E-state index contributed by atoms with van der Waals surface area (Å²) < 4.78 is 0. The van der Waals surface area contributed by atoms with E-state index < -0.39 is 0 Å². The van der Waals surface area contributed by atoms with Crippen molar-refractivity contribution in [2.45, 2.75) is 79.6 Å². The topological polar surface area (TPSA) is 24.1 Å². The summed E-state index contributed by atoms with van der Waals surface area (Å²) in [5.41, 5.74) is 0. The number of nitrogens with one attached hydrogen (secondary N) is 2. The molecule has 2 nitrogen and oxygen atoms in total. The fourth-order valence-electron chi connectivity index (χ4n) is 1.33. The molecule has 0 aliphatic heterocycles. The smallest absolute Gasteiger partial charge is 0.00127 e. The third-order valence-corrected chi connectivity index (χ3v) is 1.33. The number of hydrogen-bond acceptors (Lipinski definition) is 2. The summed E-state index contributed by atoms with van der Waals surface area (Å²) >= 11 is 0. The van der Waals surface area contributed by atoms with Crippen LogP contribution < -0.4 is 10.6 Å². The minimum Gasteiger partial charge on any atom is -0.312 e. The molecule has 0 atom stereocenters. The molecule has 0 unspecified atom stereocenters. The van der Waals surface area contributed by atoms with Gasteiger partial charge in [-0.05, 0) is 0 Å². The third-order valence-electron chi connectivity index (χ3n) is 1.33. The maximum Gasteiger partial charge on any atom is 0.00127 e. The van der Waals surface area contributed by atoms with E-state index in [0.717, 1.165) is 0 Å². The van der Waals surface area contributed by atoms with E-state index in [1.807, 2.05) is 0 Å². The molecule has 0 rings (SSSR count). The molecule has 1 radical (unpaired) electrons. The Bertz CT molecular complexity index is 86.2. The molecule has 0 saturated heterocycles. The molecule has 0 fully saturated rings. The summed E-state index contributed by atoms with van der Waals surface area (Å²) in [6, 6.07) is 2.50. The van der Waals surface area contributed by atoms with Crippen molar-refractivity contribution in [1.29, 1.82) is 0 Å². The van der Waals surface area contributed by atoms with E-state index in [-0.39, 0.29) is 18.9 Å². The van der Waals surface area contributed by atoms with Crippen molar-refractivity contribution < 1.29 is 0 Å². The summed E-state index contributed by atoms with van der Waals surface area (Å²) in [5.74, 6) is 0. The van der Waals surface area contributed by atoms with Crippen LogP contribution in [0.25, 0.3) is 0 Å². The van der Waals surface area contributed by atoms with Crippen LogP contribution in [0.1, 0.15) is 55.4 Å². The largest absolute Gasteiger partial charge is 0.312 e. The first-order valence-electron chi connectivity index (χ1n) is 5.77. The quantitative estimate of drug-likeness (QED) is 0.695. The minimum absolute atomic E-state index is 0. The van der Waals surface area contributed by atoms with Gasteiger partial charge < -0.3 is 10.6 Å². The molecule has 0 saturated carbocycles. The maximum atomic E-state index is 3.31. The van der Waals surface area contributed by atoms with Crippen LogP contribution >= 0.6 is 0 Å². The van der Waals surface area contributed by atoms with Crippen LogP contribution in [0, 0.1) is 0 Å². The van der Waals surface area contributed by atoms with Gasteiger partial charge in [0.1, 0.15) is 0 Å². The Labute approximate surface area is 109 Å². The minimum atomic E-state index is 0. The molecule has 0 amide bonds. The number of hydrogen-bond donors (Lipinski definition) is 2. The van der Waals surface area contributed by atoms with E-state index in [4.69, 9.17) is 0 Å². The van der Waals surface area contributed by atoms with Gasteiger partial charge in [-0.15, -0.1) is 0 Å². The molecular formula is C12H30LiN2. The van der Waals surface area contributed by atoms with Gasteiger partial charge in [0.05, 0.1) is 0 Å². The van der Waals surface area contributed by atoms with Crippen LogP contribution in [0.2, 0.25) is 0 Å². The van der Waals surface area contributed by atoms with Gasteiger partial charge in [0.15, 0.2) is 0 Å². The van der Waals surface area contributed by atoms with Gasteiger partial charge in [0, 0.05) is 43.0 Å². The average molecular weight is 209 g/mol. The fourth-order valence-corrected chi connectivity index (χ4v) is 1.33. The second-order valence-electron chi connectivity index (χ2n) is 4.95. The molecule has 89 valence electrons. The van der Waals surface area contributed by atoms with Crippen molar-refractivity contribution >= 4 is 18.9 Å². The van der Waals surface area contributed by atoms with Gasteiger partial charge in [0.25, 0.3) is 0 Å². The van der Waals surface area contributed by atoms with E-state index in [1.165, 1.54) is 0 Å². The van der Waals surface area contributed by atoms with Gasteiger partial charge >= 0.3 is 0 Å². The Balaban J connectivity index is -0.000000180. The second-order valence-corrected chi connectivity index (χ2v) is 4.95. The van der Waals surface area contributed by atoms with Crippen molar-refractivity contribution in [2.24, 2.45) is 0 Å². The summed E-state index contributed by atoms with van der Waals surface area (Å²) in [4.78, 5) is 0. The Morgan fingerprint density at radius 1 is 0.467 bits per heavy atom. The third kappa shape index (κ3) is 31.4. The first-order chi connectivity index (χ1) is 6.25. The zero-order chi connectivity index (χ0) is 11.7. The van der Waals surface area contributed by atoms with E-state index >= 15 is 0 Å². The van der Waals surface area contributed by atoms with E-state index in [1.54, 1.807) is 0 Å². The summed E-state index contributed by atoms with van der Waals surface area (Å²) in [6.07, 6.45) is 0. The average Bonchev–Trinajstić information content (AvgIpc) is 1.79. The Morgan fingerprint density at radius 3 is 0.600 bits per heavy atom. The van der Waals surface area contributed by atoms with Crippen molar-refractivity contribution in [2.75, 3.05) is 0 Å². The van der Waals surface area contributed by atoms with Crippen LogP contribution in [0.3, 0.4) is 0 Å². The van der Waals surface area contributed by atoms with Gasteiger partial charge in [0.2, 0.25) is 0 Å². The van der Waals surface area contributed by atoms with Crippen LogP contribution in [0.4, 0.5) is 0 Å². The first-order valence-corrected chi connectivity index (χ1v) is 5.77. The van der Waals surface area contributed by atoms with E-state index in [9.17, 15) is 0 Å². The van der Waals surface area contributed by atoms with E-state index in [2.05, 4.69) is 66.0 Å². The molecule has 0 aromatic heterocycles. The predicted octanol–water partition coefficient (Wildman–Crippen LogP) is 2.40. The van der Waals surface area contributed by atoms with Gasteiger partial charge in [-0.1, -0.05) is 55.4 Å². The molecule has 0 aromatic rings. The molecule has 0 heterocycles. The van der Waals surface area contributed by atoms with Crippen LogP contribution in [0.5, 0.6) is 0 Å². The molecule has 2 N–H and O–H groups in total. The molecule has 0 aliphatic rings. The number of rotatable bonds is 4. The second kappa shape index (κ2) is 12.6. The normalized spacial score (nSPS) is 10.4. The first kappa shape index (κ1) is 20.9. The molecule has 0 spiro atoms. The standard InChI is InChI=1S/2C6H15N.Li/c2*1-5(2)7-6(3)4;/h2*5-7H,1-4H3;. The molecule has 0 aromatic carbocycles. The van der Waals surface area contributed by atoms with E-state index in [0.29, 0.717) is 24.2 Å². The van der Waals surface area contributed by atoms with Crippen LogP contribution in [-0.4, -0.2) is 43.0 Å². The Morgan fingerprint density at radius 2 is 0.600 bits per heavy atom. The summed E-state index contributed by atoms with van der Waals surface area (Å²) in [5, 5.41) is 6.61. The SMILES string of the molecule is CC(C)NC(C)C.CC(C)NC(C)C.[Li]. The molecule has 0 aliphatic carbocycles. The molecule has 15 heavy (non-hydrogen) atoms. The zero-order valence-electron chi connectivity index (χ0n) is 12.3. The fraction of sp³-hybridized carbons (Fsp3) is 1.00. The van der Waals surface area contributed by atoms with Crippen LogP contribution in [0.15, 0.2) is 0 Å². The zero-order valence-corrected chi connectivity index (χ0v) is 12.3. The van der Waals surface area contributed by atoms with Crippen molar-refractivity contribution in [3.8, 4) is 0 Å². The Hall–Kier alpha value is 0.517. The van der Waals surface area contributed by atoms with Gasteiger partial charge in [-0.3, -0.25) is 0 Å². The summed E-state index contributed by atoms with van der Waals surface area (Å²) in [7, 11) is 0. The van der Waals surface area contributed by atoms with Gasteiger partial charge in [-0.2, -0.15) is 0 Å². The van der Waals surface area contributed by atoms with Crippen molar-refractivity contribution in [3.05, 3.63) is 0 Å². The van der Waals surface area contributed by atoms with Crippen molar-refractivity contribution in [1.82, 2.24) is 10.6 Å². The van der Waals surface area contributed by atoms with Crippen LogP contribution in [-0.2, 0) is 0 Å². The monoisotopic (exact) mass is 209 g/mol. The summed E-state index contributed by atoms with van der Waals surface area (Å²) in [6.45, 7) is 17.2.